The number of carbonyl (C=O) groups excluding carboxylic acids is 1. The van der Waals surface area contributed by atoms with Gasteiger partial charge in [-0.25, -0.2) is 4.98 Å². The van der Waals surface area contributed by atoms with Crippen LogP contribution in [-0.4, -0.2) is 29.1 Å². The van der Waals surface area contributed by atoms with Gasteiger partial charge in [0.25, 0.3) is 0 Å². The minimum absolute atomic E-state index is 0.0185. The number of hydrogen-bond acceptors (Lipinski definition) is 4. The molecule has 3 N–H and O–H groups in total. The van der Waals surface area contributed by atoms with Gasteiger partial charge in [-0.15, -0.1) is 0 Å². The molecular weight excluding hydrogens is 286 g/mol. The predicted octanol–water partition coefficient (Wildman–Crippen LogP) is 0.648. The van der Waals surface area contributed by atoms with Crippen LogP contribution in [-0.2, 0) is 11.4 Å². The lowest BCUT2D eigenvalue weighted by molar-refractivity contribution is -0.117. The van der Waals surface area contributed by atoms with Gasteiger partial charge in [0.05, 0.1) is 6.61 Å². The highest BCUT2D eigenvalue weighted by atomic mass is 79.9. The molecule has 1 aliphatic heterocycles. The first-order valence-electron chi connectivity index (χ1n) is 5.41. The van der Waals surface area contributed by atoms with E-state index in [1.165, 1.54) is 0 Å². The standard InChI is InChI=1S/C11H14BrN3O2/c12-9-2-8(6-16)11(14-4-9)15-5-7(3-13)1-10(15)17/h2,4,7,16H,1,3,5-6,13H2. The van der Waals surface area contributed by atoms with Crippen LogP contribution in [0.25, 0.3) is 0 Å². The highest BCUT2D eigenvalue weighted by Gasteiger charge is 2.31. The molecule has 17 heavy (non-hydrogen) atoms. The lowest BCUT2D eigenvalue weighted by Gasteiger charge is -2.18. The van der Waals surface area contributed by atoms with Crippen LogP contribution in [0.2, 0.25) is 0 Å². The maximum Gasteiger partial charge on any atom is 0.228 e. The van der Waals surface area contributed by atoms with Crippen molar-refractivity contribution >= 4 is 27.7 Å². The minimum Gasteiger partial charge on any atom is -0.392 e. The minimum atomic E-state index is -0.140. The Kier molecular flexibility index (Phi) is 3.76. The van der Waals surface area contributed by atoms with Gasteiger partial charge in [-0.1, -0.05) is 0 Å². The van der Waals surface area contributed by atoms with E-state index in [-0.39, 0.29) is 18.4 Å². The predicted molar refractivity (Wildman–Crippen MR) is 67.4 cm³/mol. The smallest absolute Gasteiger partial charge is 0.228 e. The topological polar surface area (TPSA) is 79.5 Å². The number of nitrogens with zero attached hydrogens (tertiary/aromatic N) is 2. The fourth-order valence-corrected chi connectivity index (χ4v) is 2.36. The van der Waals surface area contributed by atoms with Crippen LogP contribution in [0.5, 0.6) is 0 Å². The lowest BCUT2D eigenvalue weighted by Crippen LogP contribution is -2.27. The number of anilines is 1. The molecule has 0 bridgehead atoms. The van der Waals surface area contributed by atoms with Crippen LogP contribution in [0.15, 0.2) is 16.7 Å². The molecule has 1 aromatic heterocycles. The average molecular weight is 300 g/mol. The molecule has 2 rings (SSSR count). The van der Waals surface area contributed by atoms with E-state index >= 15 is 0 Å². The highest BCUT2D eigenvalue weighted by molar-refractivity contribution is 9.10. The molecule has 1 amide bonds. The molecule has 1 aromatic rings. The van der Waals surface area contributed by atoms with E-state index in [0.717, 1.165) is 4.47 Å². The Bertz CT molecular complexity index is 439. The molecule has 1 aliphatic rings. The van der Waals surface area contributed by atoms with E-state index < -0.39 is 0 Å². The van der Waals surface area contributed by atoms with Crippen LogP contribution in [0.4, 0.5) is 5.82 Å². The van der Waals surface area contributed by atoms with Gasteiger partial charge >= 0.3 is 0 Å². The second kappa shape index (κ2) is 5.12. The zero-order valence-corrected chi connectivity index (χ0v) is 10.9. The third kappa shape index (κ3) is 2.48. The number of halogens is 1. The monoisotopic (exact) mass is 299 g/mol. The van der Waals surface area contributed by atoms with Crippen molar-refractivity contribution in [1.29, 1.82) is 0 Å². The van der Waals surface area contributed by atoms with Crippen LogP contribution in [0, 0.1) is 5.92 Å². The van der Waals surface area contributed by atoms with E-state index in [9.17, 15) is 9.90 Å². The molecule has 1 unspecified atom stereocenters. The Labute approximate surface area is 108 Å². The zero-order chi connectivity index (χ0) is 12.4. The second-order valence-electron chi connectivity index (χ2n) is 4.10. The third-order valence-electron chi connectivity index (χ3n) is 2.87. The summed E-state index contributed by atoms with van der Waals surface area (Å²) in [6, 6.07) is 1.77. The summed E-state index contributed by atoms with van der Waals surface area (Å²) in [4.78, 5) is 17.6. The number of aromatic nitrogens is 1. The summed E-state index contributed by atoms with van der Waals surface area (Å²) >= 11 is 3.29. The molecule has 1 atom stereocenters. The van der Waals surface area contributed by atoms with Gasteiger partial charge in [-0.05, 0) is 34.5 Å². The van der Waals surface area contributed by atoms with Gasteiger partial charge in [0, 0.05) is 29.2 Å². The average Bonchev–Trinajstić information content (AvgIpc) is 2.70. The number of rotatable bonds is 3. The van der Waals surface area contributed by atoms with Gasteiger partial charge < -0.3 is 10.8 Å². The number of hydrogen-bond donors (Lipinski definition) is 2. The summed E-state index contributed by atoms with van der Waals surface area (Å²) in [5.41, 5.74) is 6.22. The maximum absolute atomic E-state index is 11.8. The number of aliphatic hydroxyl groups excluding tert-OH is 1. The summed E-state index contributed by atoms with van der Waals surface area (Å²) in [6.07, 6.45) is 2.08. The summed E-state index contributed by atoms with van der Waals surface area (Å²) in [5, 5.41) is 9.29. The van der Waals surface area contributed by atoms with Gasteiger partial charge in [0.2, 0.25) is 5.91 Å². The van der Waals surface area contributed by atoms with Crippen molar-refractivity contribution in [2.45, 2.75) is 13.0 Å². The highest BCUT2D eigenvalue weighted by Crippen LogP contribution is 2.27. The van der Waals surface area contributed by atoms with E-state index in [2.05, 4.69) is 20.9 Å². The first-order valence-corrected chi connectivity index (χ1v) is 6.20. The van der Waals surface area contributed by atoms with Crippen molar-refractivity contribution in [2.24, 2.45) is 11.7 Å². The fourth-order valence-electron chi connectivity index (χ4n) is 1.98. The van der Waals surface area contributed by atoms with Gasteiger partial charge in [0.15, 0.2) is 0 Å². The van der Waals surface area contributed by atoms with E-state index in [4.69, 9.17) is 5.73 Å². The summed E-state index contributed by atoms with van der Waals surface area (Å²) in [6.45, 7) is 0.934. The van der Waals surface area contributed by atoms with Crippen LogP contribution >= 0.6 is 15.9 Å². The first kappa shape index (κ1) is 12.5. The fraction of sp³-hybridized carbons (Fsp3) is 0.455. The summed E-state index contributed by atoms with van der Waals surface area (Å²) in [5.74, 6) is 0.737. The number of aliphatic hydroxyl groups is 1. The Morgan fingerprint density at radius 1 is 1.65 bits per heavy atom. The molecule has 2 heterocycles. The van der Waals surface area contributed by atoms with Crippen molar-refractivity contribution in [2.75, 3.05) is 18.0 Å². The van der Waals surface area contributed by atoms with Gasteiger partial charge in [0.1, 0.15) is 5.82 Å². The molecule has 5 nitrogen and oxygen atoms in total. The Balaban J connectivity index is 2.31. The van der Waals surface area contributed by atoms with Crippen molar-refractivity contribution in [1.82, 2.24) is 4.98 Å². The van der Waals surface area contributed by atoms with Gasteiger partial charge in [-0.2, -0.15) is 0 Å². The van der Waals surface area contributed by atoms with Crippen LogP contribution < -0.4 is 10.6 Å². The van der Waals surface area contributed by atoms with E-state index in [1.807, 2.05) is 0 Å². The molecule has 0 aromatic carbocycles. The van der Waals surface area contributed by atoms with Crippen molar-refractivity contribution < 1.29 is 9.90 Å². The Morgan fingerprint density at radius 3 is 3.00 bits per heavy atom. The van der Waals surface area contributed by atoms with Crippen LogP contribution in [0.1, 0.15) is 12.0 Å². The maximum atomic E-state index is 11.8. The molecular formula is C11H14BrN3O2. The summed E-state index contributed by atoms with van der Waals surface area (Å²) < 4.78 is 0.785. The molecule has 0 radical (unpaired) electrons. The molecule has 92 valence electrons. The van der Waals surface area contributed by atoms with E-state index in [0.29, 0.717) is 30.9 Å². The Hall–Kier alpha value is -0.980. The largest absolute Gasteiger partial charge is 0.392 e. The number of amides is 1. The second-order valence-corrected chi connectivity index (χ2v) is 5.02. The van der Waals surface area contributed by atoms with Crippen molar-refractivity contribution in [3.05, 3.63) is 22.3 Å². The number of nitrogens with two attached hydrogens (primary N) is 1. The normalized spacial score (nSPS) is 20.1. The van der Waals surface area contributed by atoms with Gasteiger partial charge in [-0.3, -0.25) is 9.69 Å². The molecule has 6 heteroatoms. The summed E-state index contributed by atoms with van der Waals surface area (Å²) in [7, 11) is 0. The van der Waals surface area contributed by atoms with E-state index in [1.54, 1.807) is 17.2 Å². The number of carbonyl (C=O) groups is 1. The third-order valence-corrected chi connectivity index (χ3v) is 3.31. The molecule has 0 spiro atoms. The number of pyridine rings is 1. The molecule has 0 aliphatic carbocycles. The van der Waals surface area contributed by atoms with Crippen molar-refractivity contribution in [3.8, 4) is 0 Å². The van der Waals surface area contributed by atoms with Crippen molar-refractivity contribution in [3.63, 3.8) is 0 Å². The SMILES string of the molecule is NCC1CC(=O)N(c2ncc(Br)cc2CO)C1. The first-order chi connectivity index (χ1) is 8.15. The molecule has 1 saturated heterocycles. The Morgan fingerprint density at radius 2 is 2.41 bits per heavy atom. The molecule has 1 fully saturated rings. The van der Waals surface area contributed by atoms with Crippen LogP contribution in [0.3, 0.4) is 0 Å². The zero-order valence-electron chi connectivity index (χ0n) is 9.27. The quantitative estimate of drug-likeness (QED) is 0.859. The lowest BCUT2D eigenvalue weighted by atomic mass is 10.1. The molecule has 0 saturated carbocycles.